The molecule has 0 saturated heterocycles. The average Bonchev–Trinajstić information content (AvgIpc) is 3.21. The van der Waals surface area contributed by atoms with Crippen molar-refractivity contribution in [3.05, 3.63) is 89.4 Å². The Hall–Kier alpha value is -3.44. The number of hydrogen-bond acceptors (Lipinski definition) is 3. The second-order valence-electron chi connectivity index (χ2n) is 10.1. The third-order valence-electron chi connectivity index (χ3n) is 7.23. The van der Waals surface area contributed by atoms with E-state index in [1.54, 1.807) is 0 Å². The first kappa shape index (κ1) is 24.3. The van der Waals surface area contributed by atoms with E-state index in [1.807, 2.05) is 64.6 Å². The van der Waals surface area contributed by atoms with Gasteiger partial charge in [-0.3, -0.25) is 4.40 Å². The Kier molecular flexibility index (Phi) is 6.21. The molecule has 1 aliphatic rings. The van der Waals surface area contributed by atoms with Crippen molar-refractivity contribution in [2.45, 2.75) is 58.1 Å². The monoisotopic (exact) mass is 500 g/mol. The van der Waals surface area contributed by atoms with Crippen molar-refractivity contribution in [3.8, 4) is 22.5 Å². The van der Waals surface area contributed by atoms with Crippen LogP contribution < -0.4 is 5.32 Å². The molecule has 0 spiro atoms. The molecule has 1 fully saturated rings. The van der Waals surface area contributed by atoms with E-state index in [0.717, 1.165) is 58.6 Å². The quantitative estimate of drug-likeness (QED) is 0.275. The van der Waals surface area contributed by atoms with Crippen molar-refractivity contribution < 1.29 is 9.53 Å². The Balaban J connectivity index is 1.52. The van der Waals surface area contributed by atoms with Gasteiger partial charge < -0.3 is 10.1 Å². The topological polar surface area (TPSA) is 55.6 Å². The molecule has 2 heterocycles. The van der Waals surface area contributed by atoms with Crippen LogP contribution in [0.1, 0.15) is 51.2 Å². The van der Waals surface area contributed by atoms with Crippen molar-refractivity contribution in [2.75, 3.05) is 0 Å². The molecule has 6 heteroatoms. The van der Waals surface area contributed by atoms with Gasteiger partial charge in [0.05, 0.1) is 28.9 Å². The third kappa shape index (κ3) is 4.44. The molecule has 1 aliphatic carbocycles. The lowest BCUT2D eigenvalue weighted by Crippen LogP contribution is -2.52. The van der Waals surface area contributed by atoms with Crippen LogP contribution in [0.15, 0.2) is 66.9 Å². The van der Waals surface area contributed by atoms with Crippen LogP contribution in [-0.4, -0.2) is 21.1 Å². The minimum absolute atomic E-state index is 0.388. The average molecular weight is 501 g/mol. The molecule has 0 aliphatic heterocycles. The molecule has 5 rings (SSSR count). The maximum atomic E-state index is 12.7. The molecule has 0 unspecified atom stereocenters. The number of nitrogens with zero attached hydrogens (tertiary/aromatic N) is 2. The van der Waals surface area contributed by atoms with Gasteiger partial charge in [-0.25, -0.2) is 9.78 Å². The number of aromatic nitrogens is 2. The van der Waals surface area contributed by atoms with E-state index in [1.165, 1.54) is 0 Å². The van der Waals surface area contributed by atoms with Gasteiger partial charge in [-0.05, 0) is 43.4 Å². The molecule has 1 saturated carbocycles. The minimum atomic E-state index is -0.614. The van der Waals surface area contributed by atoms with Crippen LogP contribution >= 0.6 is 11.6 Å². The Morgan fingerprint density at radius 1 is 1.11 bits per heavy atom. The number of aryl methyl sites for hydroxylation is 1. The molecule has 2 aromatic heterocycles. The second kappa shape index (κ2) is 9.21. The number of rotatable bonds is 6. The highest BCUT2D eigenvalue weighted by Crippen LogP contribution is 2.43. The summed E-state index contributed by atoms with van der Waals surface area (Å²) in [5, 5.41) is 3.82. The van der Waals surface area contributed by atoms with Gasteiger partial charge in [0.1, 0.15) is 12.1 Å². The number of ether oxygens (including phenoxy) is 1. The summed E-state index contributed by atoms with van der Waals surface area (Å²) in [6.45, 7) is 7.67. The molecule has 1 amide bonds. The number of hydrogen-bond donors (Lipinski definition) is 1. The molecule has 0 bridgehead atoms. The van der Waals surface area contributed by atoms with Crippen LogP contribution in [0.25, 0.3) is 28.2 Å². The van der Waals surface area contributed by atoms with Gasteiger partial charge in [0, 0.05) is 31.2 Å². The predicted molar refractivity (Wildman–Crippen MR) is 145 cm³/mol. The number of alkyl carbamates (subject to hydrolysis) is 1. The summed E-state index contributed by atoms with van der Waals surface area (Å²) in [5.74, 6) is 0. The van der Waals surface area contributed by atoms with Gasteiger partial charge in [0.25, 0.3) is 0 Å². The normalized spacial score (nSPS) is 14.8. The first-order chi connectivity index (χ1) is 17.2. The van der Waals surface area contributed by atoms with Crippen LogP contribution in [0.4, 0.5) is 4.79 Å². The lowest BCUT2D eigenvalue weighted by molar-refractivity contribution is 0.0455. The molecule has 1 N–H and O–H groups in total. The zero-order valence-corrected chi connectivity index (χ0v) is 21.9. The number of carbonyl (C=O) groups is 1. The molecule has 0 radical (unpaired) electrons. The van der Waals surface area contributed by atoms with Crippen LogP contribution in [0, 0.1) is 13.3 Å². The summed E-state index contributed by atoms with van der Waals surface area (Å²) in [5.41, 5.74) is 5.95. The van der Waals surface area contributed by atoms with E-state index in [9.17, 15) is 4.79 Å². The van der Waals surface area contributed by atoms with Crippen molar-refractivity contribution in [3.63, 3.8) is 0 Å². The number of carbonyl (C=O) groups excluding carboxylic acids is 1. The van der Waals surface area contributed by atoms with E-state index in [4.69, 9.17) is 21.3 Å². The highest BCUT2D eigenvalue weighted by Gasteiger charge is 2.42. The summed E-state index contributed by atoms with van der Waals surface area (Å²) in [4.78, 5) is 17.7. The van der Waals surface area contributed by atoms with Crippen molar-refractivity contribution in [2.24, 2.45) is 0 Å². The lowest BCUT2D eigenvalue weighted by atomic mass is 9.71. The van der Waals surface area contributed by atoms with E-state index in [-0.39, 0.29) is 6.09 Å². The number of amides is 1. The molecule has 2 aromatic carbocycles. The molecular weight excluding hydrogens is 470 g/mol. The van der Waals surface area contributed by atoms with Gasteiger partial charge >= 0.3 is 6.09 Å². The van der Waals surface area contributed by atoms with Gasteiger partial charge in [0.15, 0.2) is 0 Å². The van der Waals surface area contributed by atoms with Gasteiger partial charge in [-0.1, -0.05) is 66.2 Å². The summed E-state index contributed by atoms with van der Waals surface area (Å²) in [6.07, 6.45) is 6.25. The van der Waals surface area contributed by atoms with Crippen LogP contribution in [0.2, 0.25) is 5.02 Å². The largest absolute Gasteiger partial charge is 0.411 e. The Labute approximate surface area is 217 Å². The summed E-state index contributed by atoms with van der Waals surface area (Å²) in [7, 11) is 0. The van der Waals surface area contributed by atoms with Crippen LogP contribution in [0.5, 0.6) is 0 Å². The fourth-order valence-corrected chi connectivity index (χ4v) is 5.08. The van der Waals surface area contributed by atoms with E-state index in [0.29, 0.717) is 5.02 Å². The number of fused-ring (bicyclic) bond motifs is 1. The Bertz CT molecular complexity index is 1400. The van der Waals surface area contributed by atoms with Crippen LogP contribution in [0.3, 0.4) is 0 Å². The zero-order chi connectivity index (χ0) is 25.5. The third-order valence-corrected chi connectivity index (χ3v) is 7.43. The fraction of sp³-hybridized carbons (Fsp3) is 0.300. The second-order valence-corrected chi connectivity index (χ2v) is 10.6. The van der Waals surface area contributed by atoms with Crippen molar-refractivity contribution in [1.82, 2.24) is 14.7 Å². The number of nitrogens with one attached hydrogen (secondary N) is 1. The van der Waals surface area contributed by atoms with Gasteiger partial charge in [-0.2, -0.15) is 0 Å². The maximum Gasteiger partial charge on any atom is 0.411 e. The van der Waals surface area contributed by atoms with E-state index < -0.39 is 11.1 Å². The van der Waals surface area contributed by atoms with E-state index >= 15 is 0 Å². The maximum absolute atomic E-state index is 12.7. The summed E-state index contributed by atoms with van der Waals surface area (Å²) >= 11 is 6.43. The Morgan fingerprint density at radius 2 is 1.81 bits per heavy atom. The number of imidazole rings is 1. The summed E-state index contributed by atoms with van der Waals surface area (Å²) in [6, 6.07) is 20.6. The van der Waals surface area contributed by atoms with Gasteiger partial charge in [0.2, 0.25) is 5.60 Å². The predicted octanol–water partition coefficient (Wildman–Crippen LogP) is 7.74. The van der Waals surface area contributed by atoms with Crippen molar-refractivity contribution in [1.29, 1.82) is 0 Å². The standard InChI is InChI=1S/C30H30ClN3O2/c1-5-29(3,4)36-28(35)33-30(16-9-17-30)23-14-12-21(13-15-23)25-26(22-10-7-6-8-11-22)34-19-24(31)18-20(2)27(34)32-25/h5-8,10-15,18-19H,9,16-17H2,1-4H3/p+1. The molecule has 4 aromatic rings. The summed E-state index contributed by atoms with van der Waals surface area (Å²) < 4.78 is 7.70. The van der Waals surface area contributed by atoms with Crippen LogP contribution in [-0.2, 0) is 10.3 Å². The fourth-order valence-electron chi connectivity index (χ4n) is 4.82. The van der Waals surface area contributed by atoms with Gasteiger partial charge in [-0.15, -0.1) is 0 Å². The highest BCUT2D eigenvalue weighted by molar-refractivity contribution is 6.30. The number of benzene rings is 2. The molecular formula is C30H31ClN3O2+. The number of halogens is 1. The van der Waals surface area contributed by atoms with E-state index in [2.05, 4.69) is 46.1 Å². The van der Waals surface area contributed by atoms with Crippen molar-refractivity contribution >= 4 is 23.3 Å². The first-order valence-electron chi connectivity index (χ1n) is 12.4. The zero-order valence-electron chi connectivity index (χ0n) is 21.1. The smallest absolute Gasteiger partial charge is 0.403 e. The minimum Gasteiger partial charge on any atom is -0.403 e. The number of pyridine rings is 1. The SMILES string of the molecule is C[CH+]C(C)(C)OC(=O)NC1(c2ccc(-c3nc4c(C)cc(Cl)cn4c3-c3ccccc3)cc2)CCC1. The lowest BCUT2D eigenvalue weighted by Gasteiger charge is -2.43. The Morgan fingerprint density at radius 3 is 2.42 bits per heavy atom. The molecule has 184 valence electrons. The highest BCUT2D eigenvalue weighted by atomic mass is 35.5. The molecule has 5 nitrogen and oxygen atoms in total. The molecule has 36 heavy (non-hydrogen) atoms. The molecule has 0 atom stereocenters. The first-order valence-corrected chi connectivity index (χ1v) is 12.8.